The number of halogens is 1. The molecule has 0 fully saturated rings. The minimum absolute atomic E-state index is 0.130. The molecule has 1 aliphatic rings. The lowest BCUT2D eigenvalue weighted by Crippen LogP contribution is -2.29. The molecule has 25 heavy (non-hydrogen) atoms. The average Bonchev–Trinajstić information content (AvgIpc) is 3.07. The SMILES string of the molecule is O=C(c1ccnc(Nc2ccccc2Cl)n1)N1CCc2ccccc21. The third-order valence-corrected chi connectivity index (χ3v) is 4.46. The number of para-hydroxylation sites is 2. The van der Waals surface area contributed by atoms with Gasteiger partial charge in [-0.2, -0.15) is 0 Å². The number of hydrogen-bond acceptors (Lipinski definition) is 4. The number of anilines is 3. The van der Waals surface area contributed by atoms with Crippen LogP contribution in [0.4, 0.5) is 17.3 Å². The maximum Gasteiger partial charge on any atom is 0.277 e. The molecule has 3 aromatic rings. The van der Waals surface area contributed by atoms with Crippen LogP contribution in [0.25, 0.3) is 0 Å². The van der Waals surface area contributed by atoms with E-state index < -0.39 is 0 Å². The molecular weight excluding hydrogens is 336 g/mol. The van der Waals surface area contributed by atoms with Crippen molar-refractivity contribution in [3.63, 3.8) is 0 Å². The number of nitrogens with one attached hydrogen (secondary N) is 1. The molecule has 2 aromatic carbocycles. The maximum atomic E-state index is 12.9. The predicted molar refractivity (Wildman–Crippen MR) is 98.6 cm³/mol. The highest BCUT2D eigenvalue weighted by atomic mass is 35.5. The fourth-order valence-electron chi connectivity index (χ4n) is 2.91. The Morgan fingerprint density at radius 3 is 2.76 bits per heavy atom. The van der Waals surface area contributed by atoms with Crippen molar-refractivity contribution in [1.29, 1.82) is 0 Å². The lowest BCUT2D eigenvalue weighted by molar-refractivity contribution is 0.0984. The molecular formula is C19H15ClN4O. The van der Waals surface area contributed by atoms with Gasteiger partial charge < -0.3 is 10.2 Å². The van der Waals surface area contributed by atoms with E-state index in [1.54, 1.807) is 23.2 Å². The minimum Gasteiger partial charge on any atom is -0.323 e. The number of carbonyl (C=O) groups excluding carboxylic acids is 1. The summed E-state index contributed by atoms with van der Waals surface area (Å²) in [4.78, 5) is 23.2. The topological polar surface area (TPSA) is 58.1 Å². The molecule has 2 heterocycles. The minimum atomic E-state index is -0.130. The van der Waals surface area contributed by atoms with E-state index in [-0.39, 0.29) is 5.91 Å². The fourth-order valence-corrected chi connectivity index (χ4v) is 3.09. The highest BCUT2D eigenvalue weighted by molar-refractivity contribution is 6.33. The molecule has 0 saturated heterocycles. The van der Waals surface area contributed by atoms with Gasteiger partial charge in [-0.25, -0.2) is 9.97 Å². The van der Waals surface area contributed by atoms with Crippen molar-refractivity contribution < 1.29 is 4.79 Å². The number of nitrogens with zero attached hydrogens (tertiary/aromatic N) is 3. The maximum absolute atomic E-state index is 12.9. The highest BCUT2D eigenvalue weighted by Crippen LogP contribution is 2.29. The van der Waals surface area contributed by atoms with E-state index in [2.05, 4.69) is 15.3 Å². The summed E-state index contributed by atoms with van der Waals surface area (Å²) in [7, 11) is 0. The first kappa shape index (κ1) is 15.6. The Bertz CT molecular complexity index is 944. The lowest BCUT2D eigenvalue weighted by Gasteiger charge is -2.17. The third kappa shape index (κ3) is 3.06. The number of aromatic nitrogens is 2. The molecule has 0 spiro atoms. The van der Waals surface area contributed by atoms with E-state index in [4.69, 9.17) is 11.6 Å². The monoisotopic (exact) mass is 350 g/mol. The van der Waals surface area contributed by atoms with E-state index in [9.17, 15) is 4.79 Å². The highest BCUT2D eigenvalue weighted by Gasteiger charge is 2.26. The first-order chi connectivity index (χ1) is 12.2. The van der Waals surface area contributed by atoms with Crippen LogP contribution in [-0.4, -0.2) is 22.4 Å². The Kier molecular flexibility index (Phi) is 4.07. The van der Waals surface area contributed by atoms with Crippen LogP contribution in [0.15, 0.2) is 60.8 Å². The second-order valence-corrected chi connectivity index (χ2v) is 6.11. The molecule has 124 valence electrons. The quantitative estimate of drug-likeness (QED) is 0.773. The predicted octanol–water partition coefficient (Wildman–Crippen LogP) is 4.08. The van der Waals surface area contributed by atoms with Crippen molar-refractivity contribution in [2.45, 2.75) is 6.42 Å². The normalized spacial score (nSPS) is 12.8. The Morgan fingerprint density at radius 1 is 1.08 bits per heavy atom. The summed E-state index contributed by atoms with van der Waals surface area (Å²) in [5.41, 5.74) is 3.17. The summed E-state index contributed by atoms with van der Waals surface area (Å²) < 4.78 is 0. The standard InChI is InChI=1S/C19H15ClN4O/c20-14-6-2-3-7-15(14)22-19-21-11-9-16(23-19)18(25)24-12-10-13-5-1-4-8-17(13)24/h1-9,11H,10,12H2,(H,21,22,23). The van der Waals surface area contributed by atoms with Crippen molar-refractivity contribution in [3.05, 3.63) is 77.1 Å². The molecule has 1 amide bonds. The van der Waals surface area contributed by atoms with E-state index in [1.165, 1.54) is 5.56 Å². The van der Waals surface area contributed by atoms with Crippen molar-refractivity contribution in [3.8, 4) is 0 Å². The number of hydrogen-bond donors (Lipinski definition) is 1. The summed E-state index contributed by atoms with van der Waals surface area (Å²) in [6, 6.07) is 16.9. The van der Waals surface area contributed by atoms with Gasteiger partial charge in [0, 0.05) is 18.4 Å². The van der Waals surface area contributed by atoms with Gasteiger partial charge in [0.2, 0.25) is 5.95 Å². The molecule has 0 unspecified atom stereocenters. The molecule has 1 aliphatic heterocycles. The largest absolute Gasteiger partial charge is 0.323 e. The van der Waals surface area contributed by atoms with Crippen LogP contribution >= 0.6 is 11.6 Å². The smallest absolute Gasteiger partial charge is 0.277 e. The summed E-state index contributed by atoms with van der Waals surface area (Å²) in [6.45, 7) is 0.662. The summed E-state index contributed by atoms with van der Waals surface area (Å²) in [6.07, 6.45) is 2.43. The van der Waals surface area contributed by atoms with Crippen LogP contribution in [0.5, 0.6) is 0 Å². The Labute approximate surface area is 150 Å². The Morgan fingerprint density at radius 2 is 1.88 bits per heavy atom. The van der Waals surface area contributed by atoms with Gasteiger partial charge in [0.05, 0.1) is 10.7 Å². The van der Waals surface area contributed by atoms with Gasteiger partial charge in [0.15, 0.2) is 0 Å². The van der Waals surface area contributed by atoms with Crippen LogP contribution in [0.3, 0.4) is 0 Å². The zero-order valence-electron chi connectivity index (χ0n) is 13.3. The number of amides is 1. The van der Waals surface area contributed by atoms with Crippen LogP contribution in [0.1, 0.15) is 16.1 Å². The molecule has 0 radical (unpaired) electrons. The van der Waals surface area contributed by atoms with Crippen LogP contribution in [0, 0.1) is 0 Å². The van der Waals surface area contributed by atoms with E-state index in [1.807, 2.05) is 42.5 Å². The number of fused-ring (bicyclic) bond motifs is 1. The van der Waals surface area contributed by atoms with Crippen LogP contribution < -0.4 is 10.2 Å². The van der Waals surface area contributed by atoms with Crippen LogP contribution in [-0.2, 0) is 6.42 Å². The van der Waals surface area contributed by atoms with Crippen molar-refractivity contribution in [2.75, 3.05) is 16.8 Å². The molecule has 0 bridgehead atoms. The van der Waals surface area contributed by atoms with Crippen LogP contribution in [0.2, 0.25) is 5.02 Å². The van der Waals surface area contributed by atoms with Gasteiger partial charge in [0.1, 0.15) is 5.69 Å². The van der Waals surface area contributed by atoms with Gasteiger partial charge in [-0.05, 0) is 36.2 Å². The van der Waals surface area contributed by atoms with Crippen molar-refractivity contribution >= 4 is 34.8 Å². The Hall–Kier alpha value is -2.92. The van der Waals surface area contributed by atoms with Gasteiger partial charge in [-0.1, -0.05) is 41.9 Å². The second kappa shape index (κ2) is 6.53. The third-order valence-electron chi connectivity index (χ3n) is 4.13. The molecule has 5 nitrogen and oxygen atoms in total. The summed E-state index contributed by atoms with van der Waals surface area (Å²) >= 11 is 6.14. The summed E-state index contributed by atoms with van der Waals surface area (Å²) in [5, 5.41) is 3.62. The van der Waals surface area contributed by atoms with Gasteiger partial charge >= 0.3 is 0 Å². The number of rotatable bonds is 3. The molecule has 4 rings (SSSR count). The van der Waals surface area contributed by atoms with Gasteiger partial charge in [-0.15, -0.1) is 0 Å². The first-order valence-corrected chi connectivity index (χ1v) is 8.34. The molecule has 0 aliphatic carbocycles. The number of benzene rings is 2. The Balaban J connectivity index is 1.60. The number of carbonyl (C=O) groups is 1. The van der Waals surface area contributed by atoms with Gasteiger partial charge in [0.25, 0.3) is 5.91 Å². The zero-order valence-corrected chi connectivity index (χ0v) is 14.1. The lowest BCUT2D eigenvalue weighted by atomic mass is 10.2. The molecule has 1 N–H and O–H groups in total. The average molecular weight is 351 g/mol. The van der Waals surface area contributed by atoms with Crippen molar-refractivity contribution in [1.82, 2.24) is 9.97 Å². The molecule has 0 saturated carbocycles. The van der Waals surface area contributed by atoms with Gasteiger partial charge in [-0.3, -0.25) is 4.79 Å². The fraction of sp³-hybridized carbons (Fsp3) is 0.105. The van der Waals surface area contributed by atoms with E-state index in [0.717, 1.165) is 12.1 Å². The van der Waals surface area contributed by atoms with E-state index >= 15 is 0 Å². The van der Waals surface area contributed by atoms with E-state index in [0.29, 0.717) is 28.9 Å². The molecule has 1 aromatic heterocycles. The zero-order chi connectivity index (χ0) is 17.2. The first-order valence-electron chi connectivity index (χ1n) is 7.97. The second-order valence-electron chi connectivity index (χ2n) is 5.71. The van der Waals surface area contributed by atoms with Crippen molar-refractivity contribution in [2.24, 2.45) is 0 Å². The molecule has 0 atom stereocenters. The molecule has 6 heteroatoms. The summed E-state index contributed by atoms with van der Waals surface area (Å²) in [5.74, 6) is 0.209.